The number of likely N-dealkylation sites (tertiary alicyclic amines) is 1. The van der Waals surface area contributed by atoms with E-state index in [2.05, 4.69) is 34.5 Å². The van der Waals surface area contributed by atoms with Crippen molar-refractivity contribution in [3.05, 3.63) is 24.3 Å². The van der Waals surface area contributed by atoms with Crippen molar-refractivity contribution in [3.63, 3.8) is 0 Å². The van der Waals surface area contributed by atoms with Crippen LogP contribution in [-0.4, -0.2) is 62.5 Å². The van der Waals surface area contributed by atoms with Gasteiger partial charge in [0, 0.05) is 44.1 Å². The maximum Gasteiger partial charge on any atom is 0.410 e. The molecule has 2 aliphatic heterocycles. The highest BCUT2D eigenvalue weighted by molar-refractivity contribution is 5.68. The van der Waals surface area contributed by atoms with Crippen molar-refractivity contribution in [1.82, 2.24) is 4.90 Å². The lowest BCUT2D eigenvalue weighted by atomic mass is 9.97. The molecular formula is C21H33N3O3. The molecule has 0 saturated carbocycles. The van der Waals surface area contributed by atoms with E-state index in [4.69, 9.17) is 9.47 Å². The quantitative estimate of drug-likeness (QED) is 0.872. The van der Waals surface area contributed by atoms with Crippen LogP contribution in [0.1, 0.15) is 33.6 Å². The SMILES string of the molecule is CC(C)(C)OC(=O)N1CCC(CNc2ccc(N3CCOCC3)cc2)CC1. The van der Waals surface area contributed by atoms with Gasteiger partial charge in [-0.1, -0.05) is 0 Å². The van der Waals surface area contributed by atoms with Gasteiger partial charge < -0.3 is 24.6 Å². The number of amides is 1. The topological polar surface area (TPSA) is 54.0 Å². The first-order valence-electron chi connectivity index (χ1n) is 10.1. The van der Waals surface area contributed by atoms with Crippen LogP contribution in [0, 0.1) is 5.92 Å². The monoisotopic (exact) mass is 375 g/mol. The lowest BCUT2D eigenvalue weighted by molar-refractivity contribution is 0.0188. The molecule has 0 aliphatic carbocycles. The summed E-state index contributed by atoms with van der Waals surface area (Å²) in [6.45, 7) is 11.8. The zero-order valence-electron chi connectivity index (χ0n) is 16.9. The number of carbonyl (C=O) groups excluding carboxylic acids is 1. The second kappa shape index (κ2) is 8.83. The van der Waals surface area contributed by atoms with Crippen LogP contribution < -0.4 is 10.2 Å². The Bertz CT molecular complexity index is 598. The summed E-state index contributed by atoms with van der Waals surface area (Å²) in [6, 6.07) is 8.67. The van der Waals surface area contributed by atoms with Crippen LogP contribution in [0.15, 0.2) is 24.3 Å². The molecule has 2 aliphatic rings. The molecule has 3 rings (SSSR count). The second-order valence-electron chi connectivity index (χ2n) is 8.44. The minimum atomic E-state index is -0.428. The summed E-state index contributed by atoms with van der Waals surface area (Å²) >= 11 is 0. The third kappa shape index (κ3) is 6.03. The highest BCUT2D eigenvalue weighted by Gasteiger charge is 2.26. The van der Waals surface area contributed by atoms with Crippen LogP contribution >= 0.6 is 0 Å². The van der Waals surface area contributed by atoms with E-state index in [1.54, 1.807) is 0 Å². The van der Waals surface area contributed by atoms with Crippen LogP contribution in [0.5, 0.6) is 0 Å². The summed E-state index contributed by atoms with van der Waals surface area (Å²) in [5, 5.41) is 3.55. The van der Waals surface area contributed by atoms with Crippen LogP contribution in [-0.2, 0) is 9.47 Å². The Morgan fingerprint density at radius 1 is 1.11 bits per heavy atom. The van der Waals surface area contributed by atoms with Crippen molar-refractivity contribution >= 4 is 17.5 Å². The van der Waals surface area contributed by atoms with Crippen molar-refractivity contribution < 1.29 is 14.3 Å². The van der Waals surface area contributed by atoms with Crippen molar-refractivity contribution in [3.8, 4) is 0 Å². The molecule has 0 radical (unpaired) electrons. The smallest absolute Gasteiger partial charge is 0.410 e. The van der Waals surface area contributed by atoms with Crippen molar-refractivity contribution in [2.24, 2.45) is 5.92 Å². The molecule has 1 aromatic rings. The number of hydrogen-bond donors (Lipinski definition) is 1. The summed E-state index contributed by atoms with van der Waals surface area (Å²) in [7, 11) is 0. The summed E-state index contributed by atoms with van der Waals surface area (Å²) in [5.74, 6) is 0.586. The van der Waals surface area contributed by atoms with Gasteiger partial charge in [-0.15, -0.1) is 0 Å². The first kappa shape index (κ1) is 19.8. The lowest BCUT2D eigenvalue weighted by Gasteiger charge is -2.33. The fraction of sp³-hybridized carbons (Fsp3) is 0.667. The number of nitrogens with zero attached hydrogens (tertiary/aromatic N) is 2. The maximum atomic E-state index is 12.1. The third-order valence-electron chi connectivity index (χ3n) is 5.10. The van der Waals surface area contributed by atoms with E-state index in [0.29, 0.717) is 5.92 Å². The van der Waals surface area contributed by atoms with Gasteiger partial charge in [-0.05, 0) is 63.8 Å². The van der Waals surface area contributed by atoms with Crippen molar-refractivity contribution in [1.29, 1.82) is 0 Å². The van der Waals surface area contributed by atoms with Crippen LogP contribution in [0.4, 0.5) is 16.2 Å². The molecule has 0 unspecified atom stereocenters. The summed E-state index contributed by atoms with van der Waals surface area (Å²) in [6.07, 6.45) is 1.84. The van der Waals surface area contributed by atoms with Crippen LogP contribution in [0.25, 0.3) is 0 Å². The molecule has 150 valence electrons. The molecule has 6 nitrogen and oxygen atoms in total. The number of morpholine rings is 1. The average molecular weight is 376 g/mol. The fourth-order valence-electron chi connectivity index (χ4n) is 3.52. The van der Waals surface area contributed by atoms with Crippen molar-refractivity contribution in [2.75, 3.05) is 56.2 Å². The van der Waals surface area contributed by atoms with E-state index in [9.17, 15) is 4.79 Å². The summed E-state index contributed by atoms with van der Waals surface area (Å²) < 4.78 is 10.9. The Labute approximate surface area is 162 Å². The summed E-state index contributed by atoms with van der Waals surface area (Å²) in [5.41, 5.74) is 1.99. The normalized spacial score (nSPS) is 19.1. The Balaban J connectivity index is 1.40. The number of carbonyl (C=O) groups is 1. The molecule has 1 N–H and O–H groups in total. The molecule has 27 heavy (non-hydrogen) atoms. The number of rotatable bonds is 4. The molecule has 1 amide bonds. The number of anilines is 2. The fourth-order valence-corrected chi connectivity index (χ4v) is 3.52. The summed E-state index contributed by atoms with van der Waals surface area (Å²) in [4.78, 5) is 16.3. The molecular weight excluding hydrogens is 342 g/mol. The number of hydrogen-bond acceptors (Lipinski definition) is 5. The Kier molecular flexibility index (Phi) is 6.47. The molecule has 0 bridgehead atoms. The van der Waals surface area contributed by atoms with E-state index in [1.165, 1.54) is 5.69 Å². The number of piperidine rings is 1. The second-order valence-corrected chi connectivity index (χ2v) is 8.44. The minimum Gasteiger partial charge on any atom is -0.444 e. The van der Waals surface area contributed by atoms with Crippen LogP contribution in [0.3, 0.4) is 0 Å². The predicted molar refractivity (Wildman–Crippen MR) is 108 cm³/mol. The zero-order chi connectivity index (χ0) is 19.3. The standard InChI is InChI=1S/C21H33N3O3/c1-21(2,3)27-20(25)24-10-8-17(9-11-24)16-22-18-4-6-19(7-5-18)23-12-14-26-15-13-23/h4-7,17,22H,8-16H2,1-3H3. The lowest BCUT2D eigenvalue weighted by Crippen LogP contribution is -2.42. The van der Waals surface area contributed by atoms with Gasteiger partial charge in [0.1, 0.15) is 5.60 Å². The molecule has 2 fully saturated rings. The Hall–Kier alpha value is -1.95. The third-order valence-corrected chi connectivity index (χ3v) is 5.10. The van der Waals surface area contributed by atoms with Crippen molar-refractivity contribution in [2.45, 2.75) is 39.2 Å². The van der Waals surface area contributed by atoms with Crippen LogP contribution in [0.2, 0.25) is 0 Å². The first-order valence-corrected chi connectivity index (χ1v) is 10.1. The van der Waals surface area contributed by atoms with Gasteiger partial charge in [-0.3, -0.25) is 0 Å². The minimum absolute atomic E-state index is 0.187. The van der Waals surface area contributed by atoms with E-state index in [-0.39, 0.29) is 6.09 Å². The predicted octanol–water partition coefficient (Wildman–Crippen LogP) is 3.58. The molecule has 0 aromatic heterocycles. The number of benzene rings is 1. The molecule has 0 atom stereocenters. The number of ether oxygens (including phenoxy) is 2. The molecule has 2 heterocycles. The Morgan fingerprint density at radius 3 is 2.33 bits per heavy atom. The first-order chi connectivity index (χ1) is 12.9. The largest absolute Gasteiger partial charge is 0.444 e. The zero-order valence-corrected chi connectivity index (χ0v) is 16.9. The molecule has 2 saturated heterocycles. The van der Waals surface area contributed by atoms with E-state index in [1.807, 2.05) is 25.7 Å². The van der Waals surface area contributed by atoms with Gasteiger partial charge >= 0.3 is 6.09 Å². The van der Waals surface area contributed by atoms with E-state index < -0.39 is 5.60 Å². The van der Waals surface area contributed by atoms with E-state index >= 15 is 0 Å². The maximum absolute atomic E-state index is 12.1. The molecule has 0 spiro atoms. The highest BCUT2D eigenvalue weighted by atomic mass is 16.6. The number of nitrogens with one attached hydrogen (secondary N) is 1. The van der Waals surface area contributed by atoms with Gasteiger partial charge in [-0.2, -0.15) is 0 Å². The van der Waals surface area contributed by atoms with Gasteiger partial charge in [0.2, 0.25) is 0 Å². The highest BCUT2D eigenvalue weighted by Crippen LogP contribution is 2.22. The van der Waals surface area contributed by atoms with E-state index in [0.717, 1.165) is 64.5 Å². The Morgan fingerprint density at radius 2 is 1.74 bits per heavy atom. The van der Waals surface area contributed by atoms with Gasteiger partial charge in [-0.25, -0.2) is 4.79 Å². The van der Waals surface area contributed by atoms with Gasteiger partial charge in [0.15, 0.2) is 0 Å². The average Bonchev–Trinajstić information content (AvgIpc) is 2.66. The van der Waals surface area contributed by atoms with Gasteiger partial charge in [0.05, 0.1) is 13.2 Å². The van der Waals surface area contributed by atoms with Gasteiger partial charge in [0.25, 0.3) is 0 Å². The molecule has 1 aromatic carbocycles. The molecule has 6 heteroatoms.